The Morgan fingerprint density at radius 1 is 1.25 bits per heavy atom. The van der Waals surface area contributed by atoms with Gasteiger partial charge in [-0.3, -0.25) is 9.69 Å². The van der Waals surface area contributed by atoms with Crippen molar-refractivity contribution in [1.82, 2.24) is 25.2 Å². The van der Waals surface area contributed by atoms with E-state index in [-0.39, 0.29) is 11.9 Å². The lowest BCUT2D eigenvalue weighted by Gasteiger charge is -2.33. The molecule has 8 nitrogen and oxygen atoms in total. The molecule has 1 N–H and O–H groups in total. The Labute approximate surface area is 163 Å². The van der Waals surface area contributed by atoms with E-state index in [4.69, 9.17) is 9.15 Å². The average molecular weight is 383 g/mol. The molecule has 148 valence electrons. The van der Waals surface area contributed by atoms with E-state index >= 15 is 0 Å². The number of carbonyl (C=O) groups is 1. The SMILES string of the molecule is CCn1nnc2cc(C(=O)NCC(c3ccc(C)o3)N3CCOCC3)ccc21. The van der Waals surface area contributed by atoms with Crippen LogP contribution in [0, 0.1) is 6.92 Å². The summed E-state index contributed by atoms with van der Waals surface area (Å²) in [7, 11) is 0. The second-order valence-electron chi connectivity index (χ2n) is 6.93. The Bertz CT molecular complexity index is 958. The van der Waals surface area contributed by atoms with Gasteiger partial charge in [-0.25, -0.2) is 4.68 Å². The zero-order valence-corrected chi connectivity index (χ0v) is 16.2. The molecule has 3 heterocycles. The van der Waals surface area contributed by atoms with Crippen LogP contribution in [0.25, 0.3) is 11.0 Å². The van der Waals surface area contributed by atoms with Gasteiger partial charge in [0, 0.05) is 31.7 Å². The molecule has 0 radical (unpaired) electrons. The molecule has 1 aliphatic heterocycles. The molecule has 1 saturated heterocycles. The van der Waals surface area contributed by atoms with Gasteiger partial charge in [0.15, 0.2) is 0 Å². The van der Waals surface area contributed by atoms with Gasteiger partial charge in [0.05, 0.1) is 24.8 Å². The normalized spacial score (nSPS) is 16.4. The van der Waals surface area contributed by atoms with E-state index in [9.17, 15) is 4.79 Å². The summed E-state index contributed by atoms with van der Waals surface area (Å²) in [6.45, 7) is 8.14. The number of nitrogens with zero attached hydrogens (tertiary/aromatic N) is 4. The van der Waals surface area contributed by atoms with E-state index in [2.05, 4.69) is 20.5 Å². The third-order valence-corrected chi connectivity index (χ3v) is 5.11. The number of nitrogens with one attached hydrogen (secondary N) is 1. The van der Waals surface area contributed by atoms with Crippen LogP contribution < -0.4 is 5.32 Å². The van der Waals surface area contributed by atoms with Crippen LogP contribution in [0.5, 0.6) is 0 Å². The highest BCUT2D eigenvalue weighted by atomic mass is 16.5. The van der Waals surface area contributed by atoms with Gasteiger partial charge in [0.25, 0.3) is 5.91 Å². The van der Waals surface area contributed by atoms with Crippen molar-refractivity contribution < 1.29 is 13.9 Å². The van der Waals surface area contributed by atoms with E-state index in [1.54, 1.807) is 6.07 Å². The topological polar surface area (TPSA) is 85.4 Å². The maximum Gasteiger partial charge on any atom is 0.251 e. The summed E-state index contributed by atoms with van der Waals surface area (Å²) < 4.78 is 13.1. The smallest absolute Gasteiger partial charge is 0.251 e. The zero-order valence-electron chi connectivity index (χ0n) is 16.2. The van der Waals surface area contributed by atoms with Crippen LogP contribution in [0.3, 0.4) is 0 Å². The predicted octanol–water partition coefficient (Wildman–Crippen LogP) is 2.16. The number of fused-ring (bicyclic) bond motifs is 1. The number of aryl methyl sites for hydroxylation is 2. The molecule has 3 aromatic rings. The molecule has 0 aliphatic carbocycles. The van der Waals surface area contributed by atoms with Crippen LogP contribution in [0.1, 0.15) is 34.8 Å². The molecule has 1 aliphatic rings. The molecule has 2 aromatic heterocycles. The Balaban J connectivity index is 1.49. The Kier molecular flexibility index (Phi) is 5.40. The number of benzene rings is 1. The Hall–Kier alpha value is -2.71. The molecular formula is C20H25N5O3. The molecule has 1 unspecified atom stereocenters. The zero-order chi connectivity index (χ0) is 19.5. The van der Waals surface area contributed by atoms with Crippen LogP contribution in [0.15, 0.2) is 34.7 Å². The number of ether oxygens (including phenoxy) is 1. The molecule has 0 bridgehead atoms. The van der Waals surface area contributed by atoms with Crippen molar-refractivity contribution in [2.75, 3.05) is 32.8 Å². The highest BCUT2D eigenvalue weighted by Crippen LogP contribution is 2.23. The number of hydrogen-bond acceptors (Lipinski definition) is 6. The van der Waals surface area contributed by atoms with Gasteiger partial charge < -0.3 is 14.5 Å². The van der Waals surface area contributed by atoms with Crippen LogP contribution in [-0.4, -0.2) is 58.6 Å². The summed E-state index contributed by atoms with van der Waals surface area (Å²) in [6, 6.07) is 9.40. The summed E-state index contributed by atoms with van der Waals surface area (Å²) in [5, 5.41) is 11.3. The number of hydrogen-bond donors (Lipinski definition) is 1. The first-order valence-corrected chi connectivity index (χ1v) is 9.65. The number of amides is 1. The first-order chi connectivity index (χ1) is 13.7. The van der Waals surface area contributed by atoms with E-state index in [1.165, 1.54) is 0 Å². The number of rotatable bonds is 6. The van der Waals surface area contributed by atoms with Gasteiger partial charge in [-0.05, 0) is 44.2 Å². The second kappa shape index (κ2) is 8.12. The molecule has 0 spiro atoms. The Morgan fingerprint density at radius 2 is 2.07 bits per heavy atom. The fraction of sp³-hybridized carbons (Fsp3) is 0.450. The summed E-state index contributed by atoms with van der Waals surface area (Å²) in [5.41, 5.74) is 2.23. The maximum absolute atomic E-state index is 12.7. The molecule has 28 heavy (non-hydrogen) atoms. The minimum absolute atomic E-state index is 0.0220. The van der Waals surface area contributed by atoms with Crippen molar-refractivity contribution in [1.29, 1.82) is 0 Å². The fourth-order valence-corrected chi connectivity index (χ4v) is 3.57. The van der Waals surface area contributed by atoms with Crippen molar-refractivity contribution in [3.8, 4) is 0 Å². The largest absolute Gasteiger partial charge is 0.465 e. The standard InChI is InChI=1S/C20H25N5O3/c1-3-25-17-6-5-15(12-16(17)22-23-25)20(26)21-13-18(19-7-4-14(2)28-19)24-8-10-27-11-9-24/h4-7,12,18H,3,8-11,13H2,1-2H3,(H,21,26). The third-order valence-electron chi connectivity index (χ3n) is 5.11. The monoisotopic (exact) mass is 383 g/mol. The van der Waals surface area contributed by atoms with E-state index in [1.807, 2.05) is 42.8 Å². The van der Waals surface area contributed by atoms with Crippen molar-refractivity contribution in [2.45, 2.75) is 26.4 Å². The minimum atomic E-state index is -0.130. The highest BCUT2D eigenvalue weighted by Gasteiger charge is 2.26. The summed E-state index contributed by atoms with van der Waals surface area (Å²) in [6.07, 6.45) is 0. The molecule has 8 heteroatoms. The third kappa shape index (κ3) is 3.79. The molecule has 1 fully saturated rings. The number of morpholine rings is 1. The van der Waals surface area contributed by atoms with Crippen molar-refractivity contribution in [3.05, 3.63) is 47.4 Å². The van der Waals surface area contributed by atoms with Crippen LogP contribution >= 0.6 is 0 Å². The quantitative estimate of drug-likeness (QED) is 0.702. The van der Waals surface area contributed by atoms with Crippen LogP contribution in [0.4, 0.5) is 0 Å². The van der Waals surface area contributed by atoms with Crippen LogP contribution in [0.2, 0.25) is 0 Å². The molecule has 1 atom stereocenters. The molecular weight excluding hydrogens is 358 g/mol. The highest BCUT2D eigenvalue weighted by molar-refractivity contribution is 5.97. The van der Waals surface area contributed by atoms with E-state index < -0.39 is 0 Å². The van der Waals surface area contributed by atoms with Gasteiger partial charge >= 0.3 is 0 Å². The number of carbonyl (C=O) groups excluding carboxylic acids is 1. The predicted molar refractivity (Wildman–Crippen MR) is 104 cm³/mol. The summed E-state index contributed by atoms with van der Waals surface area (Å²) in [5.74, 6) is 1.60. The van der Waals surface area contributed by atoms with Crippen molar-refractivity contribution in [2.24, 2.45) is 0 Å². The van der Waals surface area contributed by atoms with Gasteiger partial charge in [-0.1, -0.05) is 5.21 Å². The lowest BCUT2D eigenvalue weighted by Crippen LogP contribution is -2.43. The van der Waals surface area contributed by atoms with Crippen LogP contribution in [-0.2, 0) is 11.3 Å². The van der Waals surface area contributed by atoms with Gasteiger partial charge in [-0.15, -0.1) is 5.10 Å². The van der Waals surface area contributed by atoms with Gasteiger partial charge in [-0.2, -0.15) is 0 Å². The summed E-state index contributed by atoms with van der Waals surface area (Å²) >= 11 is 0. The lowest BCUT2D eigenvalue weighted by atomic mass is 10.1. The van der Waals surface area contributed by atoms with Gasteiger partial charge in [0.2, 0.25) is 0 Å². The van der Waals surface area contributed by atoms with E-state index in [0.29, 0.717) is 25.3 Å². The maximum atomic E-state index is 12.7. The first-order valence-electron chi connectivity index (χ1n) is 9.65. The lowest BCUT2D eigenvalue weighted by molar-refractivity contribution is 0.0117. The first kappa shape index (κ1) is 18.6. The summed E-state index contributed by atoms with van der Waals surface area (Å²) in [4.78, 5) is 15.0. The van der Waals surface area contributed by atoms with Crippen molar-refractivity contribution in [3.63, 3.8) is 0 Å². The second-order valence-corrected chi connectivity index (χ2v) is 6.93. The molecule has 1 aromatic carbocycles. The fourth-order valence-electron chi connectivity index (χ4n) is 3.57. The molecule has 1 amide bonds. The molecule has 0 saturated carbocycles. The van der Waals surface area contributed by atoms with Gasteiger partial charge in [0.1, 0.15) is 17.0 Å². The number of aromatic nitrogens is 3. The number of furan rings is 1. The molecule has 4 rings (SSSR count). The Morgan fingerprint density at radius 3 is 2.79 bits per heavy atom. The minimum Gasteiger partial charge on any atom is -0.465 e. The van der Waals surface area contributed by atoms with E-state index in [0.717, 1.165) is 42.2 Å². The van der Waals surface area contributed by atoms with Crippen molar-refractivity contribution >= 4 is 16.9 Å². The average Bonchev–Trinajstić information content (AvgIpc) is 3.34.